The largest absolute Gasteiger partial charge is 0.368 e. The van der Waals surface area contributed by atoms with Gasteiger partial charge in [-0.25, -0.2) is 0 Å². The topological polar surface area (TPSA) is 77.1 Å². The molecule has 0 spiro atoms. The Morgan fingerprint density at radius 1 is 1.47 bits per heavy atom. The Morgan fingerprint density at radius 3 is 2.42 bits per heavy atom. The van der Waals surface area contributed by atoms with E-state index in [0.29, 0.717) is 0 Å². The van der Waals surface area contributed by atoms with Crippen molar-refractivity contribution < 1.29 is 9.59 Å². The van der Waals surface area contributed by atoms with Crippen molar-refractivity contribution in [1.29, 1.82) is 0 Å². The van der Waals surface area contributed by atoms with E-state index in [2.05, 4.69) is 5.32 Å². The first-order chi connectivity index (χ1) is 8.79. The number of carbonyl (C=O) groups is 2. The fraction of sp³-hybridized carbons (Fsp3) is 0.500. The Morgan fingerprint density at radius 2 is 2.05 bits per heavy atom. The molecular formula is C12H17Cl2N3O2. The molecule has 0 fully saturated rings. The Hall–Kier alpha value is -1.20. The van der Waals surface area contributed by atoms with Gasteiger partial charge in [0.1, 0.15) is 16.9 Å². The third-order valence-electron chi connectivity index (χ3n) is 3.16. The van der Waals surface area contributed by atoms with Crippen molar-refractivity contribution >= 4 is 35.0 Å². The highest BCUT2D eigenvalue weighted by atomic mass is 35.5. The van der Waals surface area contributed by atoms with Crippen molar-refractivity contribution in [2.24, 2.45) is 18.7 Å². The Bertz CT molecular complexity index is 499. The second-order valence-corrected chi connectivity index (χ2v) is 5.23. The lowest BCUT2D eigenvalue weighted by Gasteiger charge is -2.21. The second kappa shape index (κ2) is 6.30. The third-order valence-corrected chi connectivity index (χ3v) is 4.00. The van der Waals surface area contributed by atoms with Crippen molar-refractivity contribution in [1.82, 2.24) is 9.88 Å². The highest BCUT2D eigenvalue weighted by Crippen LogP contribution is 2.25. The first-order valence-corrected chi connectivity index (χ1v) is 6.66. The number of hydrogen-bond donors (Lipinski definition) is 2. The highest BCUT2D eigenvalue weighted by Gasteiger charge is 2.25. The summed E-state index contributed by atoms with van der Waals surface area (Å²) in [6, 6.07) is 0.735. The molecule has 19 heavy (non-hydrogen) atoms. The minimum Gasteiger partial charge on any atom is -0.368 e. The summed E-state index contributed by atoms with van der Waals surface area (Å²) in [5, 5.41) is 3.17. The van der Waals surface area contributed by atoms with Gasteiger partial charge in [-0.1, -0.05) is 43.5 Å². The number of amides is 2. The minimum absolute atomic E-state index is 0.0485. The maximum atomic E-state index is 12.1. The normalized spacial score (nSPS) is 13.9. The molecule has 2 amide bonds. The van der Waals surface area contributed by atoms with E-state index in [1.165, 1.54) is 10.6 Å². The summed E-state index contributed by atoms with van der Waals surface area (Å²) in [5.74, 6) is -1.04. The van der Waals surface area contributed by atoms with Gasteiger partial charge < -0.3 is 15.6 Å². The van der Waals surface area contributed by atoms with E-state index >= 15 is 0 Å². The summed E-state index contributed by atoms with van der Waals surface area (Å²) >= 11 is 11.7. The smallest absolute Gasteiger partial charge is 0.268 e. The molecule has 0 radical (unpaired) electrons. The van der Waals surface area contributed by atoms with Gasteiger partial charge in [-0.05, 0) is 12.0 Å². The number of aromatic nitrogens is 1. The van der Waals surface area contributed by atoms with Crippen LogP contribution >= 0.6 is 23.2 Å². The number of nitrogens with one attached hydrogen (secondary N) is 1. The Balaban J connectivity index is 2.94. The van der Waals surface area contributed by atoms with E-state index < -0.39 is 17.9 Å². The SMILES string of the molecule is CCC(C)C(NC(=O)c1cc(Cl)c(Cl)n1C)C(N)=O. The van der Waals surface area contributed by atoms with E-state index in [1.54, 1.807) is 7.05 Å². The van der Waals surface area contributed by atoms with Gasteiger partial charge in [0.15, 0.2) is 0 Å². The van der Waals surface area contributed by atoms with Crippen molar-refractivity contribution in [3.63, 3.8) is 0 Å². The van der Waals surface area contributed by atoms with E-state index in [-0.39, 0.29) is 21.8 Å². The molecule has 106 valence electrons. The predicted octanol–water partition coefficient (Wildman–Crippen LogP) is 1.96. The van der Waals surface area contributed by atoms with E-state index in [0.717, 1.165) is 6.42 Å². The summed E-state index contributed by atoms with van der Waals surface area (Å²) in [5.41, 5.74) is 5.58. The molecule has 0 saturated carbocycles. The molecule has 7 heteroatoms. The van der Waals surface area contributed by atoms with Gasteiger partial charge in [-0.15, -0.1) is 0 Å². The van der Waals surface area contributed by atoms with Gasteiger partial charge in [0.05, 0.1) is 5.02 Å². The number of rotatable bonds is 5. The lowest BCUT2D eigenvalue weighted by molar-refractivity contribution is -0.120. The molecule has 1 rings (SSSR count). The average molecular weight is 306 g/mol. The molecule has 0 aliphatic rings. The molecular weight excluding hydrogens is 289 g/mol. The number of nitrogens with two attached hydrogens (primary N) is 1. The van der Waals surface area contributed by atoms with Gasteiger partial charge in [0.2, 0.25) is 5.91 Å². The number of carbonyl (C=O) groups excluding carboxylic acids is 2. The molecule has 1 aromatic heterocycles. The van der Waals surface area contributed by atoms with Gasteiger partial charge in [0, 0.05) is 7.05 Å². The van der Waals surface area contributed by atoms with Gasteiger partial charge in [-0.2, -0.15) is 0 Å². The van der Waals surface area contributed by atoms with Crippen molar-refractivity contribution in [3.05, 3.63) is 21.9 Å². The molecule has 0 aromatic carbocycles. The molecule has 0 saturated heterocycles. The quantitative estimate of drug-likeness (QED) is 0.872. The molecule has 0 bridgehead atoms. The molecule has 0 aliphatic heterocycles. The Labute approximate surface area is 122 Å². The predicted molar refractivity (Wildman–Crippen MR) is 75.3 cm³/mol. The second-order valence-electron chi connectivity index (χ2n) is 4.47. The molecule has 1 aromatic rings. The van der Waals surface area contributed by atoms with E-state index in [4.69, 9.17) is 28.9 Å². The van der Waals surface area contributed by atoms with Crippen LogP contribution < -0.4 is 11.1 Å². The zero-order valence-corrected chi connectivity index (χ0v) is 12.5. The van der Waals surface area contributed by atoms with Crippen LogP contribution in [0.15, 0.2) is 6.07 Å². The van der Waals surface area contributed by atoms with Crippen LogP contribution in [-0.2, 0) is 11.8 Å². The number of halogens is 2. The van der Waals surface area contributed by atoms with E-state index in [1.807, 2.05) is 13.8 Å². The fourth-order valence-electron chi connectivity index (χ4n) is 1.70. The molecule has 1 heterocycles. The van der Waals surface area contributed by atoms with Crippen molar-refractivity contribution in [3.8, 4) is 0 Å². The van der Waals surface area contributed by atoms with Gasteiger partial charge >= 0.3 is 0 Å². The summed E-state index contributed by atoms with van der Waals surface area (Å²) < 4.78 is 1.45. The van der Waals surface area contributed by atoms with Crippen LogP contribution in [0.5, 0.6) is 0 Å². The van der Waals surface area contributed by atoms with Crippen LogP contribution in [0.25, 0.3) is 0 Å². The van der Waals surface area contributed by atoms with Crippen LogP contribution in [0, 0.1) is 5.92 Å². The van der Waals surface area contributed by atoms with Gasteiger partial charge in [0.25, 0.3) is 5.91 Å². The monoisotopic (exact) mass is 305 g/mol. The third kappa shape index (κ3) is 3.42. The molecule has 2 unspecified atom stereocenters. The summed E-state index contributed by atoms with van der Waals surface area (Å²) in [7, 11) is 1.62. The number of nitrogens with zero attached hydrogens (tertiary/aromatic N) is 1. The Kier molecular flexibility index (Phi) is 5.26. The van der Waals surface area contributed by atoms with Crippen LogP contribution in [0.1, 0.15) is 30.8 Å². The molecule has 5 nitrogen and oxygen atoms in total. The van der Waals surface area contributed by atoms with Crippen molar-refractivity contribution in [2.45, 2.75) is 26.3 Å². The first kappa shape index (κ1) is 15.9. The lowest BCUT2D eigenvalue weighted by Crippen LogP contribution is -2.48. The highest BCUT2D eigenvalue weighted by molar-refractivity contribution is 6.41. The fourth-order valence-corrected chi connectivity index (χ4v) is 2.08. The van der Waals surface area contributed by atoms with Crippen molar-refractivity contribution in [2.75, 3.05) is 0 Å². The van der Waals surface area contributed by atoms with Crippen LogP contribution in [-0.4, -0.2) is 22.4 Å². The summed E-state index contributed by atoms with van der Waals surface area (Å²) in [4.78, 5) is 23.5. The molecule has 2 atom stereocenters. The standard InChI is InChI=1S/C12H17Cl2N3O2/c1-4-6(2)9(11(15)18)16-12(19)8-5-7(13)10(14)17(8)3/h5-6,9H,4H2,1-3H3,(H2,15,18)(H,16,19). The first-order valence-electron chi connectivity index (χ1n) is 5.90. The number of hydrogen-bond acceptors (Lipinski definition) is 2. The average Bonchev–Trinajstić information content (AvgIpc) is 2.62. The zero-order chi connectivity index (χ0) is 14.7. The maximum Gasteiger partial charge on any atom is 0.268 e. The molecule has 3 N–H and O–H groups in total. The molecule has 0 aliphatic carbocycles. The maximum absolute atomic E-state index is 12.1. The van der Waals surface area contributed by atoms with Gasteiger partial charge in [-0.3, -0.25) is 9.59 Å². The van der Waals surface area contributed by atoms with Crippen LogP contribution in [0.4, 0.5) is 0 Å². The van der Waals surface area contributed by atoms with Crippen LogP contribution in [0.3, 0.4) is 0 Å². The lowest BCUT2D eigenvalue weighted by atomic mass is 9.98. The number of primary amides is 1. The van der Waals surface area contributed by atoms with E-state index in [9.17, 15) is 9.59 Å². The zero-order valence-electron chi connectivity index (χ0n) is 11.0. The summed E-state index contributed by atoms with van der Waals surface area (Å²) in [6.45, 7) is 3.77. The summed E-state index contributed by atoms with van der Waals surface area (Å²) in [6.07, 6.45) is 0.725. The van der Waals surface area contributed by atoms with Crippen LogP contribution in [0.2, 0.25) is 10.2 Å². The minimum atomic E-state index is -0.718.